The van der Waals surface area contributed by atoms with E-state index in [-0.39, 0.29) is 5.69 Å². The molecule has 3 aromatic rings. The summed E-state index contributed by atoms with van der Waals surface area (Å²) in [4.78, 5) is 11.5. The van der Waals surface area contributed by atoms with Crippen LogP contribution >= 0.6 is 0 Å². The zero-order valence-electron chi connectivity index (χ0n) is 11.0. The van der Waals surface area contributed by atoms with E-state index in [9.17, 15) is 13.2 Å². The average Bonchev–Trinajstić information content (AvgIpc) is 2.80. The van der Waals surface area contributed by atoms with Crippen molar-refractivity contribution >= 4 is 16.9 Å². The number of nitrogens with zero attached hydrogens (tertiary/aromatic N) is 2. The summed E-state index contributed by atoms with van der Waals surface area (Å²) in [5.41, 5.74) is 7.38. The minimum Gasteiger partial charge on any atom is -0.398 e. The highest BCUT2D eigenvalue weighted by molar-refractivity contribution is 5.80. The number of hydrogen-bond donors (Lipinski definition) is 2. The average molecular weight is 292 g/mol. The topological polar surface area (TPSA) is 67.6 Å². The number of nitrogens with two attached hydrogens (primary N) is 1. The maximum absolute atomic E-state index is 12.6. The number of alkyl halides is 3. The first kappa shape index (κ1) is 13.4. The fourth-order valence-electron chi connectivity index (χ4n) is 2.07. The molecule has 3 rings (SSSR count). The van der Waals surface area contributed by atoms with Gasteiger partial charge in [0.15, 0.2) is 5.65 Å². The van der Waals surface area contributed by atoms with Crippen LogP contribution in [0.25, 0.3) is 22.6 Å². The summed E-state index contributed by atoms with van der Waals surface area (Å²) >= 11 is 0. The molecule has 0 amide bonds. The van der Waals surface area contributed by atoms with Crippen LogP contribution in [0.15, 0.2) is 30.3 Å². The number of halogens is 3. The molecule has 7 heteroatoms. The molecule has 0 spiro atoms. The van der Waals surface area contributed by atoms with Gasteiger partial charge in [-0.05, 0) is 37.3 Å². The van der Waals surface area contributed by atoms with Crippen LogP contribution in [0.2, 0.25) is 0 Å². The second-order valence-electron chi connectivity index (χ2n) is 4.71. The quantitative estimate of drug-likeness (QED) is 0.674. The zero-order chi connectivity index (χ0) is 15.2. The van der Waals surface area contributed by atoms with Crippen molar-refractivity contribution in [3.8, 4) is 11.4 Å². The maximum Gasteiger partial charge on any atom is 0.416 e. The molecule has 0 radical (unpaired) electrons. The first-order valence-electron chi connectivity index (χ1n) is 6.15. The first-order chi connectivity index (χ1) is 9.84. The van der Waals surface area contributed by atoms with Crippen LogP contribution in [-0.2, 0) is 6.18 Å². The molecule has 0 fully saturated rings. The lowest BCUT2D eigenvalue weighted by Gasteiger charge is -2.09. The van der Waals surface area contributed by atoms with Crippen molar-refractivity contribution in [1.82, 2.24) is 15.0 Å². The van der Waals surface area contributed by atoms with Crippen molar-refractivity contribution < 1.29 is 13.2 Å². The third-order valence-electron chi connectivity index (χ3n) is 3.12. The minimum atomic E-state index is -4.42. The van der Waals surface area contributed by atoms with Crippen LogP contribution < -0.4 is 5.73 Å². The van der Waals surface area contributed by atoms with Gasteiger partial charge in [-0.2, -0.15) is 13.2 Å². The van der Waals surface area contributed by atoms with Crippen LogP contribution in [0.1, 0.15) is 11.3 Å². The molecule has 1 aromatic carbocycles. The number of aromatic nitrogens is 3. The smallest absolute Gasteiger partial charge is 0.398 e. The molecule has 2 heterocycles. The highest BCUT2D eigenvalue weighted by atomic mass is 19.4. The van der Waals surface area contributed by atoms with Gasteiger partial charge >= 0.3 is 6.18 Å². The van der Waals surface area contributed by atoms with Gasteiger partial charge in [-0.15, -0.1) is 0 Å². The Labute approximate surface area is 117 Å². The molecule has 108 valence electrons. The van der Waals surface area contributed by atoms with E-state index in [4.69, 9.17) is 5.73 Å². The third-order valence-corrected chi connectivity index (χ3v) is 3.12. The second-order valence-corrected chi connectivity index (χ2v) is 4.71. The van der Waals surface area contributed by atoms with Crippen molar-refractivity contribution in [3.63, 3.8) is 0 Å². The van der Waals surface area contributed by atoms with Gasteiger partial charge in [0.25, 0.3) is 0 Å². The molecule has 0 unspecified atom stereocenters. The number of pyridine rings is 1. The van der Waals surface area contributed by atoms with E-state index in [0.29, 0.717) is 22.6 Å². The number of benzene rings is 1. The highest BCUT2D eigenvalue weighted by Crippen LogP contribution is 2.34. The van der Waals surface area contributed by atoms with E-state index in [1.165, 1.54) is 6.07 Å². The van der Waals surface area contributed by atoms with Crippen LogP contribution in [0.4, 0.5) is 18.9 Å². The molecule has 4 nitrogen and oxygen atoms in total. The molecule has 21 heavy (non-hydrogen) atoms. The lowest BCUT2D eigenvalue weighted by Crippen LogP contribution is -2.06. The van der Waals surface area contributed by atoms with E-state index < -0.39 is 11.7 Å². The van der Waals surface area contributed by atoms with Crippen LogP contribution in [0, 0.1) is 6.92 Å². The SMILES string of the molecule is Cc1ccc2[nH]c(-c3ccc(C(F)(F)F)cc3N)nc2n1. The number of aromatic amines is 1. The molecule has 0 saturated carbocycles. The summed E-state index contributed by atoms with van der Waals surface area (Å²) in [6, 6.07) is 6.83. The van der Waals surface area contributed by atoms with E-state index in [1.54, 1.807) is 0 Å². The summed E-state index contributed by atoms with van der Waals surface area (Å²) in [5.74, 6) is 0.398. The molecule has 3 N–H and O–H groups in total. The number of imidazole rings is 1. The molecule has 0 saturated heterocycles. The zero-order valence-corrected chi connectivity index (χ0v) is 11.0. The van der Waals surface area contributed by atoms with Gasteiger partial charge in [0.1, 0.15) is 5.82 Å². The normalized spacial score (nSPS) is 12.0. The Bertz CT molecular complexity index is 821. The lowest BCUT2D eigenvalue weighted by molar-refractivity contribution is -0.137. The molecular formula is C14H11F3N4. The highest BCUT2D eigenvalue weighted by Gasteiger charge is 2.31. The predicted octanol–water partition coefficient (Wildman–Crippen LogP) is 3.53. The van der Waals surface area contributed by atoms with Gasteiger partial charge in [-0.1, -0.05) is 0 Å². The fraction of sp³-hybridized carbons (Fsp3) is 0.143. The predicted molar refractivity (Wildman–Crippen MR) is 73.5 cm³/mol. The van der Waals surface area contributed by atoms with E-state index >= 15 is 0 Å². The molecule has 0 aliphatic heterocycles. The Morgan fingerprint density at radius 3 is 2.52 bits per heavy atom. The van der Waals surface area contributed by atoms with Gasteiger partial charge in [-0.3, -0.25) is 0 Å². The Kier molecular flexibility index (Phi) is 2.86. The Balaban J connectivity index is 2.10. The summed E-state index contributed by atoms with van der Waals surface area (Å²) in [7, 11) is 0. The van der Waals surface area contributed by atoms with Crippen LogP contribution in [0.3, 0.4) is 0 Å². The summed E-state index contributed by atoms with van der Waals surface area (Å²) in [5, 5.41) is 0. The fourth-order valence-corrected chi connectivity index (χ4v) is 2.07. The van der Waals surface area contributed by atoms with Gasteiger partial charge in [-0.25, -0.2) is 9.97 Å². The number of anilines is 1. The third kappa shape index (κ3) is 2.42. The van der Waals surface area contributed by atoms with Crippen molar-refractivity contribution in [2.45, 2.75) is 13.1 Å². The Morgan fingerprint density at radius 1 is 1.10 bits per heavy atom. The number of hydrogen-bond acceptors (Lipinski definition) is 3. The van der Waals surface area contributed by atoms with Crippen molar-refractivity contribution in [3.05, 3.63) is 41.6 Å². The summed E-state index contributed by atoms with van der Waals surface area (Å²) in [6.45, 7) is 1.83. The minimum absolute atomic E-state index is 0.0144. The first-order valence-corrected chi connectivity index (χ1v) is 6.15. The standard InChI is InChI=1S/C14H11F3N4/c1-7-2-5-11-13(19-7)21-12(20-11)9-4-3-8(6-10(9)18)14(15,16)17/h2-6H,18H2,1H3,(H,19,20,21). The van der Waals surface area contributed by atoms with Gasteiger partial charge < -0.3 is 10.7 Å². The summed E-state index contributed by atoms with van der Waals surface area (Å²) in [6.07, 6.45) is -4.42. The van der Waals surface area contributed by atoms with Crippen molar-refractivity contribution in [2.24, 2.45) is 0 Å². The van der Waals surface area contributed by atoms with Gasteiger partial charge in [0.2, 0.25) is 0 Å². The number of H-pyrrole nitrogens is 1. The Hall–Kier alpha value is -2.57. The van der Waals surface area contributed by atoms with E-state index in [1.807, 2.05) is 19.1 Å². The molecule has 0 bridgehead atoms. The van der Waals surface area contributed by atoms with Crippen molar-refractivity contribution in [1.29, 1.82) is 0 Å². The van der Waals surface area contributed by atoms with E-state index in [2.05, 4.69) is 15.0 Å². The van der Waals surface area contributed by atoms with Crippen LogP contribution in [-0.4, -0.2) is 15.0 Å². The molecular weight excluding hydrogens is 281 g/mol. The summed E-state index contributed by atoms with van der Waals surface area (Å²) < 4.78 is 37.9. The number of fused-ring (bicyclic) bond motifs is 1. The molecule has 0 aliphatic carbocycles. The van der Waals surface area contributed by atoms with E-state index in [0.717, 1.165) is 17.8 Å². The number of aryl methyl sites for hydroxylation is 1. The van der Waals surface area contributed by atoms with Gasteiger partial charge in [0.05, 0.1) is 11.1 Å². The number of rotatable bonds is 1. The van der Waals surface area contributed by atoms with Gasteiger partial charge in [0, 0.05) is 16.9 Å². The van der Waals surface area contributed by atoms with Crippen molar-refractivity contribution in [2.75, 3.05) is 5.73 Å². The van der Waals surface area contributed by atoms with Crippen LogP contribution in [0.5, 0.6) is 0 Å². The molecule has 0 aliphatic rings. The molecule has 0 atom stereocenters. The maximum atomic E-state index is 12.6. The molecule has 2 aromatic heterocycles. The number of nitrogens with one attached hydrogen (secondary N) is 1. The second kappa shape index (κ2) is 4.47. The number of nitrogen functional groups attached to an aromatic ring is 1. The Morgan fingerprint density at radius 2 is 1.86 bits per heavy atom. The lowest BCUT2D eigenvalue weighted by atomic mass is 10.1. The monoisotopic (exact) mass is 292 g/mol. The largest absolute Gasteiger partial charge is 0.416 e.